The minimum atomic E-state index is 0.677. The molecule has 6 heteroatoms. The lowest BCUT2D eigenvalue weighted by Gasteiger charge is -2.20. The number of anilines is 1. The molecule has 1 unspecified atom stereocenters. The molecule has 6 nitrogen and oxygen atoms in total. The molecule has 0 saturated carbocycles. The minimum absolute atomic E-state index is 0.677. The van der Waals surface area contributed by atoms with Crippen LogP contribution in [-0.4, -0.2) is 52.3 Å². The van der Waals surface area contributed by atoms with Crippen LogP contribution in [0.3, 0.4) is 0 Å². The van der Waals surface area contributed by atoms with Crippen LogP contribution in [0.1, 0.15) is 19.8 Å². The second-order valence-corrected chi connectivity index (χ2v) is 6.79. The maximum atomic E-state index is 6.01. The lowest BCUT2D eigenvalue weighted by molar-refractivity contribution is 0.204. The number of benzene rings is 1. The van der Waals surface area contributed by atoms with Crippen LogP contribution >= 0.6 is 0 Å². The number of rotatable bonds is 6. The van der Waals surface area contributed by atoms with Crippen LogP contribution in [0.5, 0.6) is 5.75 Å². The van der Waals surface area contributed by atoms with E-state index in [1.807, 2.05) is 37.6 Å². The molecule has 0 spiro atoms. The molecule has 1 aromatic carbocycles. The second-order valence-electron chi connectivity index (χ2n) is 6.79. The van der Waals surface area contributed by atoms with E-state index >= 15 is 0 Å². The Morgan fingerprint density at radius 2 is 2.23 bits per heavy atom. The van der Waals surface area contributed by atoms with Crippen molar-refractivity contribution in [2.24, 2.45) is 0 Å². The molecule has 1 saturated heterocycles. The summed E-state index contributed by atoms with van der Waals surface area (Å²) in [6, 6.07) is 10.8. The molecule has 1 aliphatic heterocycles. The molecule has 3 heterocycles. The topological polar surface area (TPSA) is 54.7 Å². The zero-order valence-electron chi connectivity index (χ0n) is 15.4. The van der Waals surface area contributed by atoms with Crippen LogP contribution < -0.4 is 10.1 Å². The van der Waals surface area contributed by atoms with Gasteiger partial charge in [-0.15, -0.1) is 0 Å². The van der Waals surface area contributed by atoms with Crippen molar-refractivity contribution in [1.82, 2.24) is 19.5 Å². The normalized spacial score (nSPS) is 17.7. The van der Waals surface area contributed by atoms with Crippen molar-refractivity contribution >= 4 is 11.5 Å². The molecule has 0 amide bonds. The van der Waals surface area contributed by atoms with E-state index in [-0.39, 0.29) is 0 Å². The predicted molar refractivity (Wildman–Crippen MR) is 104 cm³/mol. The van der Waals surface area contributed by atoms with E-state index < -0.39 is 0 Å². The van der Waals surface area contributed by atoms with Gasteiger partial charge in [0.1, 0.15) is 18.2 Å². The Hall–Kier alpha value is -2.60. The number of fused-ring (bicyclic) bond motifs is 1. The molecule has 26 heavy (non-hydrogen) atoms. The van der Waals surface area contributed by atoms with Crippen molar-refractivity contribution in [3.63, 3.8) is 0 Å². The van der Waals surface area contributed by atoms with Crippen LogP contribution in [0.15, 0.2) is 42.7 Å². The van der Waals surface area contributed by atoms with Gasteiger partial charge in [0.25, 0.3) is 0 Å². The Balaban J connectivity index is 1.50. The van der Waals surface area contributed by atoms with Crippen molar-refractivity contribution < 1.29 is 4.74 Å². The fourth-order valence-corrected chi connectivity index (χ4v) is 3.57. The van der Waals surface area contributed by atoms with Gasteiger partial charge in [-0.2, -0.15) is 5.10 Å². The molecule has 0 radical (unpaired) electrons. The molecule has 1 atom stereocenters. The third kappa shape index (κ3) is 3.37. The average Bonchev–Trinajstić information content (AvgIpc) is 3.27. The monoisotopic (exact) mass is 351 g/mol. The SMILES string of the molecule is CNc1ccn2ncc(-c3cccc(OCCN4CCCC4C)c3)c2n1. The van der Waals surface area contributed by atoms with Crippen molar-refractivity contribution in [3.8, 4) is 16.9 Å². The number of hydrogen-bond donors (Lipinski definition) is 1. The molecule has 0 aliphatic carbocycles. The molecule has 136 valence electrons. The van der Waals surface area contributed by atoms with Gasteiger partial charge < -0.3 is 10.1 Å². The lowest BCUT2D eigenvalue weighted by Crippen LogP contribution is -2.31. The third-order valence-corrected chi connectivity index (χ3v) is 5.11. The van der Waals surface area contributed by atoms with Gasteiger partial charge in [0, 0.05) is 31.4 Å². The van der Waals surface area contributed by atoms with Gasteiger partial charge >= 0.3 is 0 Å². The largest absolute Gasteiger partial charge is 0.492 e. The highest BCUT2D eigenvalue weighted by Gasteiger charge is 2.19. The van der Waals surface area contributed by atoms with Crippen LogP contribution in [0, 0.1) is 0 Å². The van der Waals surface area contributed by atoms with E-state index in [0.29, 0.717) is 12.6 Å². The summed E-state index contributed by atoms with van der Waals surface area (Å²) >= 11 is 0. The summed E-state index contributed by atoms with van der Waals surface area (Å²) in [5.41, 5.74) is 2.90. The van der Waals surface area contributed by atoms with Gasteiger partial charge in [0.15, 0.2) is 5.65 Å². The molecule has 4 rings (SSSR count). The third-order valence-electron chi connectivity index (χ3n) is 5.11. The van der Waals surface area contributed by atoms with Gasteiger partial charge in [-0.3, -0.25) is 4.90 Å². The number of hydrogen-bond acceptors (Lipinski definition) is 5. The maximum Gasteiger partial charge on any atom is 0.165 e. The van der Waals surface area contributed by atoms with Gasteiger partial charge in [-0.05, 0) is 50.1 Å². The Morgan fingerprint density at radius 1 is 1.31 bits per heavy atom. The highest BCUT2D eigenvalue weighted by atomic mass is 16.5. The quantitative estimate of drug-likeness (QED) is 0.738. The summed E-state index contributed by atoms with van der Waals surface area (Å²) in [6.45, 7) is 5.18. The average molecular weight is 351 g/mol. The first-order valence-corrected chi connectivity index (χ1v) is 9.24. The van der Waals surface area contributed by atoms with E-state index in [1.54, 1.807) is 4.52 Å². The summed E-state index contributed by atoms with van der Waals surface area (Å²) in [5, 5.41) is 7.48. The van der Waals surface area contributed by atoms with E-state index in [4.69, 9.17) is 4.74 Å². The number of nitrogens with one attached hydrogen (secondary N) is 1. The highest BCUT2D eigenvalue weighted by molar-refractivity contribution is 5.78. The summed E-state index contributed by atoms with van der Waals surface area (Å²) in [5.74, 6) is 1.71. The molecular formula is C20H25N5O. The van der Waals surface area contributed by atoms with Crippen molar-refractivity contribution in [1.29, 1.82) is 0 Å². The Labute approximate surface area is 153 Å². The first kappa shape index (κ1) is 16.8. The van der Waals surface area contributed by atoms with Crippen molar-refractivity contribution in [2.45, 2.75) is 25.8 Å². The molecule has 1 aliphatic rings. The number of likely N-dealkylation sites (tertiary alicyclic amines) is 1. The molecular weight excluding hydrogens is 326 g/mol. The van der Waals surface area contributed by atoms with Crippen molar-refractivity contribution in [2.75, 3.05) is 32.1 Å². The number of nitrogens with zero attached hydrogens (tertiary/aromatic N) is 4. The van der Waals surface area contributed by atoms with E-state index in [9.17, 15) is 0 Å². The summed E-state index contributed by atoms with van der Waals surface area (Å²) in [6.07, 6.45) is 6.36. The molecule has 2 aromatic heterocycles. The molecule has 3 aromatic rings. The molecule has 1 fully saturated rings. The molecule has 1 N–H and O–H groups in total. The Morgan fingerprint density at radius 3 is 3.04 bits per heavy atom. The maximum absolute atomic E-state index is 6.01. The standard InChI is InChI=1S/C20H25N5O/c1-15-5-4-9-24(15)11-12-26-17-7-3-6-16(13-17)18-14-22-25-10-8-19(21-2)23-20(18)25/h3,6-8,10,13-15H,4-5,9,11-12H2,1-2H3,(H,21,23). The smallest absolute Gasteiger partial charge is 0.165 e. The summed E-state index contributed by atoms with van der Waals surface area (Å²) in [7, 11) is 1.87. The van der Waals surface area contributed by atoms with Crippen LogP contribution in [0.2, 0.25) is 0 Å². The highest BCUT2D eigenvalue weighted by Crippen LogP contribution is 2.27. The van der Waals surface area contributed by atoms with E-state index in [0.717, 1.165) is 34.9 Å². The fraction of sp³-hybridized carbons (Fsp3) is 0.400. The van der Waals surface area contributed by atoms with Gasteiger partial charge in [-0.1, -0.05) is 12.1 Å². The van der Waals surface area contributed by atoms with Crippen molar-refractivity contribution in [3.05, 3.63) is 42.7 Å². The van der Waals surface area contributed by atoms with Crippen LogP contribution in [0.4, 0.5) is 5.82 Å². The first-order chi connectivity index (χ1) is 12.7. The first-order valence-electron chi connectivity index (χ1n) is 9.24. The second kappa shape index (κ2) is 7.33. The van der Waals surface area contributed by atoms with E-state index in [1.165, 1.54) is 19.4 Å². The Kier molecular flexibility index (Phi) is 4.75. The zero-order valence-corrected chi connectivity index (χ0v) is 15.4. The van der Waals surface area contributed by atoms with Crippen LogP contribution in [-0.2, 0) is 0 Å². The van der Waals surface area contributed by atoms with Gasteiger partial charge in [0.05, 0.1) is 6.20 Å². The predicted octanol–water partition coefficient (Wildman–Crippen LogP) is 3.30. The lowest BCUT2D eigenvalue weighted by atomic mass is 10.1. The van der Waals surface area contributed by atoms with Crippen LogP contribution in [0.25, 0.3) is 16.8 Å². The Bertz CT molecular complexity index is 891. The van der Waals surface area contributed by atoms with Gasteiger partial charge in [0.2, 0.25) is 0 Å². The number of ether oxygens (including phenoxy) is 1. The fourth-order valence-electron chi connectivity index (χ4n) is 3.57. The summed E-state index contributed by atoms with van der Waals surface area (Å²) < 4.78 is 7.80. The van der Waals surface area contributed by atoms with E-state index in [2.05, 4.69) is 39.4 Å². The molecule has 0 bridgehead atoms. The minimum Gasteiger partial charge on any atom is -0.492 e. The summed E-state index contributed by atoms with van der Waals surface area (Å²) in [4.78, 5) is 7.12. The zero-order chi connectivity index (χ0) is 17.9. The number of aromatic nitrogens is 3. The van der Waals surface area contributed by atoms with Gasteiger partial charge in [-0.25, -0.2) is 9.50 Å².